The van der Waals surface area contributed by atoms with Crippen LogP contribution in [0, 0.1) is 5.92 Å². The maximum Gasteiger partial charge on any atom is 0.214 e. The molecular formula is C25H35N3O4S. The Morgan fingerprint density at radius 1 is 1.09 bits per heavy atom. The Morgan fingerprint density at radius 2 is 1.82 bits per heavy atom. The summed E-state index contributed by atoms with van der Waals surface area (Å²) in [6, 6.07) is 8.16. The van der Waals surface area contributed by atoms with Gasteiger partial charge in [-0.05, 0) is 43.5 Å². The molecule has 33 heavy (non-hydrogen) atoms. The number of hydrogen-bond acceptors (Lipinski definition) is 6. The van der Waals surface area contributed by atoms with E-state index in [0.29, 0.717) is 30.5 Å². The monoisotopic (exact) mass is 473 g/mol. The Hall–Kier alpha value is -2.45. The molecule has 0 spiro atoms. The van der Waals surface area contributed by atoms with Crippen LogP contribution in [0.2, 0.25) is 0 Å². The van der Waals surface area contributed by atoms with E-state index >= 15 is 0 Å². The largest absolute Gasteiger partial charge is 0.478 e. The molecule has 0 fully saturated rings. The number of sulfone groups is 1. The van der Waals surface area contributed by atoms with Gasteiger partial charge in [0, 0.05) is 37.9 Å². The molecule has 7 nitrogen and oxygen atoms in total. The Balaban J connectivity index is 2.07. The number of aromatic nitrogens is 3. The third-order valence-electron chi connectivity index (χ3n) is 5.76. The highest BCUT2D eigenvalue weighted by atomic mass is 32.2. The van der Waals surface area contributed by atoms with Crippen molar-refractivity contribution in [1.29, 1.82) is 0 Å². The van der Waals surface area contributed by atoms with Crippen LogP contribution in [0.5, 0.6) is 5.88 Å². The standard InChI is InChI=1S/C25H35N3O4S/c1-7-18(12-14-31-6)17-28-22-10-9-19(15-21(22)27-24(28)25(3,4)5)33(29,30)20-11-13-26-23(16-20)32-8-2/h9-11,13,15-16,18H,7-8,12,14,17H2,1-6H3. The quantitative estimate of drug-likeness (QED) is 0.411. The lowest BCUT2D eigenvalue weighted by Crippen LogP contribution is -2.22. The highest BCUT2D eigenvalue weighted by Crippen LogP contribution is 2.31. The van der Waals surface area contributed by atoms with Crippen LogP contribution in [0.4, 0.5) is 0 Å². The number of pyridine rings is 1. The van der Waals surface area contributed by atoms with Gasteiger partial charge < -0.3 is 14.0 Å². The van der Waals surface area contributed by atoms with Crippen LogP contribution in [0.15, 0.2) is 46.3 Å². The normalized spacial score (nSPS) is 13.4. The van der Waals surface area contributed by atoms with Gasteiger partial charge in [-0.3, -0.25) is 0 Å². The molecule has 1 unspecified atom stereocenters. The van der Waals surface area contributed by atoms with Gasteiger partial charge >= 0.3 is 0 Å². The minimum atomic E-state index is -3.74. The van der Waals surface area contributed by atoms with Gasteiger partial charge in [0.15, 0.2) is 0 Å². The van der Waals surface area contributed by atoms with Crippen molar-refractivity contribution in [3.63, 3.8) is 0 Å². The molecule has 8 heteroatoms. The van der Waals surface area contributed by atoms with Crippen LogP contribution < -0.4 is 4.74 Å². The number of methoxy groups -OCH3 is 1. The van der Waals surface area contributed by atoms with Gasteiger partial charge in [-0.1, -0.05) is 34.1 Å². The predicted molar refractivity (Wildman–Crippen MR) is 130 cm³/mol. The summed E-state index contributed by atoms with van der Waals surface area (Å²) in [5.74, 6) is 1.69. The van der Waals surface area contributed by atoms with E-state index in [1.54, 1.807) is 19.2 Å². The van der Waals surface area contributed by atoms with Gasteiger partial charge in [0.25, 0.3) is 0 Å². The SMILES string of the molecule is CCOc1cc(S(=O)(=O)c2ccc3c(c2)nc(C(C)(C)C)n3CC(CC)CCOC)ccn1. The lowest BCUT2D eigenvalue weighted by molar-refractivity contribution is 0.171. The van der Waals surface area contributed by atoms with Crippen LogP contribution in [-0.4, -0.2) is 43.3 Å². The van der Waals surface area contributed by atoms with Crippen LogP contribution in [-0.2, 0) is 26.5 Å². The smallest absolute Gasteiger partial charge is 0.214 e. The summed E-state index contributed by atoms with van der Waals surface area (Å²) in [5, 5.41) is 0. The van der Waals surface area contributed by atoms with Crippen molar-refractivity contribution in [3.05, 3.63) is 42.4 Å². The van der Waals surface area contributed by atoms with Gasteiger partial charge in [-0.2, -0.15) is 0 Å². The second-order valence-corrected chi connectivity index (χ2v) is 11.2. The molecule has 3 aromatic rings. The number of imidazole rings is 1. The molecule has 180 valence electrons. The second kappa shape index (κ2) is 10.2. The molecule has 3 rings (SSSR count). The van der Waals surface area contributed by atoms with Crippen LogP contribution in [0.3, 0.4) is 0 Å². The summed E-state index contributed by atoms with van der Waals surface area (Å²) in [4.78, 5) is 9.33. The van der Waals surface area contributed by atoms with Crippen LogP contribution in [0.25, 0.3) is 11.0 Å². The molecule has 0 saturated heterocycles. The fraction of sp³-hybridized carbons (Fsp3) is 0.520. The maximum atomic E-state index is 13.3. The van der Waals surface area contributed by atoms with Crippen molar-refractivity contribution in [3.8, 4) is 5.88 Å². The minimum absolute atomic E-state index is 0.154. The Morgan fingerprint density at radius 3 is 2.45 bits per heavy atom. The van der Waals surface area contributed by atoms with Crippen molar-refractivity contribution < 1.29 is 17.9 Å². The van der Waals surface area contributed by atoms with E-state index in [4.69, 9.17) is 14.5 Å². The van der Waals surface area contributed by atoms with E-state index in [1.165, 1.54) is 18.3 Å². The van der Waals surface area contributed by atoms with Crippen LogP contribution >= 0.6 is 0 Å². The first-order chi connectivity index (χ1) is 15.6. The molecule has 1 atom stereocenters. The molecule has 0 aliphatic rings. The zero-order chi connectivity index (χ0) is 24.2. The molecule has 1 aromatic carbocycles. The number of nitrogens with zero attached hydrogens (tertiary/aromatic N) is 3. The van der Waals surface area contributed by atoms with E-state index in [1.807, 2.05) is 13.0 Å². The Bertz CT molecular complexity index is 1200. The summed E-state index contributed by atoms with van der Waals surface area (Å²) in [6.45, 7) is 12.4. The van der Waals surface area contributed by atoms with E-state index in [2.05, 4.69) is 37.2 Å². The average Bonchev–Trinajstić information content (AvgIpc) is 3.15. The summed E-state index contributed by atoms with van der Waals surface area (Å²) in [6.07, 6.45) is 3.45. The van der Waals surface area contributed by atoms with Crippen molar-refractivity contribution in [2.24, 2.45) is 5.92 Å². The fourth-order valence-corrected chi connectivity index (χ4v) is 5.20. The van der Waals surface area contributed by atoms with Crippen molar-refractivity contribution in [2.45, 2.75) is 69.2 Å². The number of fused-ring (bicyclic) bond motifs is 1. The molecule has 0 radical (unpaired) electrons. The zero-order valence-electron chi connectivity index (χ0n) is 20.5. The lowest BCUT2D eigenvalue weighted by Gasteiger charge is -2.23. The zero-order valence-corrected chi connectivity index (χ0v) is 21.3. The summed E-state index contributed by atoms with van der Waals surface area (Å²) >= 11 is 0. The predicted octanol–water partition coefficient (Wildman–Crippen LogP) is 5.02. The third-order valence-corrected chi connectivity index (χ3v) is 7.51. The lowest BCUT2D eigenvalue weighted by atomic mass is 9.95. The topological polar surface area (TPSA) is 83.3 Å². The summed E-state index contributed by atoms with van der Waals surface area (Å²) in [7, 11) is -2.01. The summed E-state index contributed by atoms with van der Waals surface area (Å²) < 4.78 is 39.6. The molecule has 0 aliphatic carbocycles. The number of benzene rings is 1. The Kier molecular flexibility index (Phi) is 7.80. The highest BCUT2D eigenvalue weighted by Gasteiger charge is 2.26. The first-order valence-corrected chi connectivity index (χ1v) is 12.9. The molecule has 0 bridgehead atoms. The first kappa shape index (κ1) is 25.2. The van der Waals surface area contributed by atoms with Gasteiger partial charge in [0.2, 0.25) is 15.7 Å². The van der Waals surface area contributed by atoms with E-state index < -0.39 is 9.84 Å². The first-order valence-electron chi connectivity index (χ1n) is 11.5. The van der Waals surface area contributed by atoms with E-state index in [-0.39, 0.29) is 15.2 Å². The van der Waals surface area contributed by atoms with Crippen molar-refractivity contribution >= 4 is 20.9 Å². The molecule has 0 amide bonds. The highest BCUT2D eigenvalue weighted by molar-refractivity contribution is 7.91. The van der Waals surface area contributed by atoms with Gasteiger partial charge in [0.05, 0.1) is 27.4 Å². The number of ether oxygens (including phenoxy) is 2. The Labute approximate surface area is 197 Å². The average molecular weight is 474 g/mol. The van der Waals surface area contributed by atoms with Gasteiger partial charge in [-0.25, -0.2) is 18.4 Å². The summed E-state index contributed by atoms with van der Waals surface area (Å²) in [5.41, 5.74) is 1.44. The minimum Gasteiger partial charge on any atom is -0.478 e. The molecule has 2 heterocycles. The molecule has 0 aliphatic heterocycles. The number of rotatable bonds is 10. The fourth-order valence-electron chi connectivity index (χ4n) is 3.92. The maximum absolute atomic E-state index is 13.3. The van der Waals surface area contributed by atoms with Gasteiger partial charge in [0.1, 0.15) is 5.82 Å². The van der Waals surface area contributed by atoms with Crippen molar-refractivity contribution in [1.82, 2.24) is 14.5 Å². The number of hydrogen-bond donors (Lipinski definition) is 0. The van der Waals surface area contributed by atoms with E-state index in [0.717, 1.165) is 30.7 Å². The second-order valence-electron chi connectivity index (χ2n) is 9.27. The van der Waals surface area contributed by atoms with Crippen molar-refractivity contribution in [2.75, 3.05) is 20.3 Å². The molecule has 0 saturated carbocycles. The van der Waals surface area contributed by atoms with Crippen LogP contribution in [0.1, 0.15) is 53.3 Å². The van der Waals surface area contributed by atoms with Gasteiger partial charge in [-0.15, -0.1) is 0 Å². The third kappa shape index (κ3) is 5.55. The van der Waals surface area contributed by atoms with E-state index in [9.17, 15) is 8.42 Å². The molecule has 2 aromatic heterocycles. The molecular weight excluding hydrogens is 438 g/mol. The molecule has 0 N–H and O–H groups in total.